The Balaban J connectivity index is 2.49. The Morgan fingerprint density at radius 3 is 2.40 bits per heavy atom. The van der Waals surface area contributed by atoms with Crippen LogP contribution in [-0.4, -0.2) is 0 Å². The van der Waals surface area contributed by atoms with Crippen molar-refractivity contribution in [3.8, 4) is 0 Å². The smallest absolute Gasteiger partial charge is 0.0133 e. The summed E-state index contributed by atoms with van der Waals surface area (Å²) in [7, 11) is 0. The third-order valence-corrected chi connectivity index (χ3v) is 2.43. The van der Waals surface area contributed by atoms with E-state index in [4.69, 9.17) is 0 Å². The summed E-state index contributed by atoms with van der Waals surface area (Å²) in [6, 6.07) is 0. The average Bonchev–Trinajstić information content (AvgIpc) is 2.04. The van der Waals surface area contributed by atoms with Gasteiger partial charge in [0.05, 0.1) is 0 Å². The molecule has 0 nitrogen and oxygen atoms in total. The molecule has 5 heavy (non-hydrogen) atoms. The first-order valence-corrected chi connectivity index (χ1v) is 2.30. The van der Waals surface area contributed by atoms with Crippen LogP contribution in [0, 0.1) is 17.3 Å². The minimum atomic E-state index is 1.00. The summed E-state index contributed by atoms with van der Waals surface area (Å²) in [5.74, 6) is 3.12. The lowest BCUT2D eigenvalue weighted by molar-refractivity contribution is 0.967. The summed E-state index contributed by atoms with van der Waals surface area (Å²) in [5.41, 5.74) is 1.00. The molecular weight excluding hydrogens is 60.1 g/mol. The van der Waals surface area contributed by atoms with E-state index in [0.717, 1.165) is 5.41 Å². The Morgan fingerprint density at radius 2 is 2.40 bits per heavy atom. The van der Waals surface area contributed by atoms with E-state index >= 15 is 0 Å². The average molecular weight is 65.1 g/mol. The zero-order chi connectivity index (χ0) is 3.07. The van der Waals surface area contributed by atoms with Crippen LogP contribution in [0.2, 0.25) is 0 Å². The number of rotatable bonds is 0. The van der Waals surface area contributed by atoms with E-state index in [-0.39, 0.29) is 0 Å². The van der Waals surface area contributed by atoms with E-state index in [0.29, 0.717) is 0 Å². The van der Waals surface area contributed by atoms with Crippen molar-refractivity contribution in [2.45, 2.75) is 12.8 Å². The highest BCUT2D eigenvalue weighted by Gasteiger charge is 2.91. The van der Waals surface area contributed by atoms with Gasteiger partial charge in [-0.15, -0.1) is 0 Å². The Hall–Kier alpha value is 0. The van der Waals surface area contributed by atoms with Gasteiger partial charge in [-0.3, -0.25) is 0 Å². The summed E-state index contributed by atoms with van der Waals surface area (Å²) >= 11 is 0. The molecule has 0 heterocycles. The fourth-order valence-electron chi connectivity index (χ4n) is 1.48. The molecule has 0 amide bonds. The Morgan fingerprint density at radius 1 is 1.80 bits per heavy atom. The van der Waals surface area contributed by atoms with Crippen molar-refractivity contribution in [2.75, 3.05) is 0 Å². The topological polar surface area (TPSA) is 0 Å². The zero-order valence-corrected chi connectivity index (χ0v) is 2.99. The van der Waals surface area contributed by atoms with Gasteiger partial charge in [0.2, 0.25) is 0 Å². The van der Waals surface area contributed by atoms with E-state index in [1.54, 1.807) is 6.42 Å². The molecule has 0 saturated heterocycles. The molecule has 0 N–H and O–H groups in total. The maximum Gasteiger partial charge on any atom is -0.0133 e. The van der Waals surface area contributed by atoms with Gasteiger partial charge in [-0.05, 0) is 30.1 Å². The SMILES string of the molecule is C1[C]2C3CC123. The van der Waals surface area contributed by atoms with Gasteiger partial charge in [0.25, 0.3) is 0 Å². The largest absolute Gasteiger partial charge is 0.0427 e. The Bertz CT molecular complexity index is 90.6. The third-order valence-electron chi connectivity index (χ3n) is 2.43. The first-order chi connectivity index (χ1) is 2.43. The van der Waals surface area contributed by atoms with Gasteiger partial charge in [0.1, 0.15) is 0 Å². The van der Waals surface area contributed by atoms with Gasteiger partial charge in [0.15, 0.2) is 0 Å². The van der Waals surface area contributed by atoms with Crippen molar-refractivity contribution in [3.63, 3.8) is 0 Å². The number of hydrogen-bond acceptors (Lipinski definition) is 0. The molecule has 3 aliphatic rings. The highest BCUT2D eigenvalue weighted by Crippen LogP contribution is 2.99. The van der Waals surface area contributed by atoms with E-state index in [9.17, 15) is 0 Å². The van der Waals surface area contributed by atoms with E-state index in [2.05, 4.69) is 0 Å². The van der Waals surface area contributed by atoms with Gasteiger partial charge in [0, 0.05) is 0 Å². The first kappa shape index (κ1) is 1.63. The van der Waals surface area contributed by atoms with E-state index < -0.39 is 0 Å². The van der Waals surface area contributed by atoms with Crippen LogP contribution in [0.15, 0.2) is 0 Å². The monoisotopic (exact) mass is 65.0 g/mol. The van der Waals surface area contributed by atoms with Crippen molar-refractivity contribution in [3.05, 3.63) is 5.92 Å². The fraction of sp³-hybridized carbons (Fsp3) is 0.800. The van der Waals surface area contributed by atoms with Crippen LogP contribution in [0.3, 0.4) is 0 Å². The molecule has 1 radical (unpaired) electrons. The summed E-state index contributed by atoms with van der Waals surface area (Å²) in [5, 5.41) is 0. The minimum Gasteiger partial charge on any atom is -0.0427 e. The lowest BCUT2D eigenvalue weighted by Gasteiger charge is -1.64. The fourth-order valence-corrected chi connectivity index (χ4v) is 1.48. The Labute approximate surface area is 31.2 Å². The predicted molar refractivity (Wildman–Crippen MR) is 18.4 cm³/mol. The van der Waals surface area contributed by atoms with Gasteiger partial charge >= 0.3 is 0 Å². The second-order valence-corrected chi connectivity index (χ2v) is 2.61. The van der Waals surface area contributed by atoms with E-state index in [1.165, 1.54) is 12.3 Å². The van der Waals surface area contributed by atoms with Crippen LogP contribution in [0.25, 0.3) is 0 Å². The molecule has 3 fully saturated rings. The van der Waals surface area contributed by atoms with Crippen LogP contribution in [0.1, 0.15) is 12.8 Å². The molecule has 3 saturated carbocycles. The van der Waals surface area contributed by atoms with Gasteiger partial charge in [-0.25, -0.2) is 0 Å². The molecule has 1 spiro atoms. The highest BCUT2D eigenvalue weighted by atomic mass is 14.9. The van der Waals surface area contributed by atoms with Crippen molar-refractivity contribution in [2.24, 2.45) is 11.3 Å². The Kier molecular flexibility index (Phi) is 0.0600. The second kappa shape index (κ2) is 0.184. The van der Waals surface area contributed by atoms with Crippen LogP contribution in [0.4, 0.5) is 0 Å². The van der Waals surface area contributed by atoms with Crippen LogP contribution in [0.5, 0.6) is 0 Å². The first-order valence-electron chi connectivity index (χ1n) is 2.30. The molecule has 25 valence electrons. The summed E-state index contributed by atoms with van der Waals surface area (Å²) < 4.78 is 0. The number of fused-ring (bicyclic) bond motifs is 1. The molecule has 0 aromatic heterocycles. The normalized spacial score (nSPS) is 80.4. The molecule has 2 unspecified atom stereocenters. The van der Waals surface area contributed by atoms with Crippen molar-refractivity contribution >= 4 is 0 Å². The number of hydrogen-bond donors (Lipinski definition) is 0. The molecule has 0 aromatic rings. The summed E-state index contributed by atoms with van der Waals surface area (Å²) in [6.07, 6.45) is 3.12. The van der Waals surface area contributed by atoms with Crippen molar-refractivity contribution in [1.29, 1.82) is 0 Å². The van der Waals surface area contributed by atoms with Gasteiger partial charge < -0.3 is 0 Å². The summed E-state index contributed by atoms with van der Waals surface area (Å²) in [6.45, 7) is 0. The van der Waals surface area contributed by atoms with Crippen LogP contribution >= 0.6 is 0 Å². The summed E-state index contributed by atoms with van der Waals surface area (Å²) in [4.78, 5) is 0. The lowest BCUT2D eigenvalue weighted by atomic mass is 10.4. The van der Waals surface area contributed by atoms with Gasteiger partial charge in [-0.1, -0.05) is 0 Å². The zero-order valence-electron chi connectivity index (χ0n) is 2.99. The van der Waals surface area contributed by atoms with Gasteiger partial charge in [-0.2, -0.15) is 0 Å². The lowest BCUT2D eigenvalue weighted by Crippen LogP contribution is -1.55. The molecule has 0 aliphatic heterocycles. The molecular formula is C5H5. The van der Waals surface area contributed by atoms with Crippen LogP contribution < -0.4 is 0 Å². The van der Waals surface area contributed by atoms with Crippen LogP contribution in [-0.2, 0) is 0 Å². The molecule has 0 bridgehead atoms. The third kappa shape index (κ3) is 0.0400. The molecule has 0 aromatic carbocycles. The molecule has 0 heteroatoms. The van der Waals surface area contributed by atoms with Crippen molar-refractivity contribution < 1.29 is 0 Å². The minimum absolute atomic E-state index is 1.00. The molecule has 3 rings (SSSR count). The predicted octanol–water partition coefficient (Wildman–Crippen LogP) is 0.984. The maximum absolute atomic E-state index is 1.91. The quantitative estimate of drug-likeness (QED) is 0.394. The highest BCUT2D eigenvalue weighted by molar-refractivity contribution is 5.60. The maximum atomic E-state index is 1.91. The second-order valence-electron chi connectivity index (χ2n) is 2.61. The van der Waals surface area contributed by atoms with E-state index in [1.807, 2.05) is 5.92 Å². The van der Waals surface area contributed by atoms with Crippen molar-refractivity contribution in [1.82, 2.24) is 0 Å². The molecule has 2 atom stereocenters. The molecule has 3 aliphatic carbocycles. The standard InChI is InChI=1S/C5H5/c1-3-4-2-5(1,3)4/h3H,1-2H2.